The predicted molar refractivity (Wildman–Crippen MR) is 103 cm³/mol. The topological polar surface area (TPSA) is 58.1 Å². The monoisotopic (exact) mass is 344 g/mol. The second-order valence-corrected chi connectivity index (χ2v) is 5.65. The molecule has 3 rings (SSSR count). The van der Waals surface area contributed by atoms with Crippen molar-refractivity contribution in [3.05, 3.63) is 96.8 Å². The normalized spacial score (nSPS) is 10.2. The summed E-state index contributed by atoms with van der Waals surface area (Å²) in [6.07, 6.45) is 3.23. The first kappa shape index (κ1) is 17.4. The lowest BCUT2D eigenvalue weighted by Crippen LogP contribution is -2.26. The van der Waals surface area contributed by atoms with E-state index in [1.165, 1.54) is 0 Å². The zero-order valence-electron chi connectivity index (χ0n) is 14.4. The lowest BCUT2D eigenvalue weighted by molar-refractivity contribution is 0.0953. The Labute approximate surface area is 153 Å². The number of hydrogen-bond donors (Lipinski definition) is 1. The van der Waals surface area contributed by atoms with Crippen molar-refractivity contribution in [1.82, 2.24) is 15.3 Å². The minimum absolute atomic E-state index is 0.249. The van der Waals surface area contributed by atoms with Gasteiger partial charge in [0.1, 0.15) is 5.69 Å². The molecule has 1 heterocycles. The van der Waals surface area contributed by atoms with E-state index in [0.717, 1.165) is 11.3 Å². The summed E-state index contributed by atoms with van der Waals surface area (Å²) in [5.74, 6) is 0.229. The molecule has 5 nitrogen and oxygen atoms in total. The van der Waals surface area contributed by atoms with Crippen molar-refractivity contribution in [3.63, 3.8) is 0 Å². The fraction of sp³-hybridized carbons (Fsp3) is 0.0952. The number of nitrogens with zero attached hydrogens (tertiary/aromatic N) is 3. The highest BCUT2D eigenvalue weighted by Crippen LogP contribution is 2.24. The van der Waals surface area contributed by atoms with Crippen LogP contribution in [0, 0.1) is 0 Å². The van der Waals surface area contributed by atoms with Crippen molar-refractivity contribution in [2.45, 2.75) is 6.54 Å². The molecule has 2 aromatic carbocycles. The number of carbonyl (C=O) groups is 1. The maximum atomic E-state index is 12.2. The van der Waals surface area contributed by atoms with Crippen molar-refractivity contribution in [2.24, 2.45) is 0 Å². The zero-order chi connectivity index (χ0) is 18.2. The van der Waals surface area contributed by atoms with Gasteiger partial charge in [0.05, 0.1) is 6.54 Å². The Morgan fingerprint density at radius 1 is 1.04 bits per heavy atom. The van der Waals surface area contributed by atoms with Gasteiger partial charge in [0.25, 0.3) is 5.91 Å². The van der Waals surface area contributed by atoms with Crippen LogP contribution in [0.25, 0.3) is 0 Å². The van der Waals surface area contributed by atoms with Crippen LogP contribution in [0.4, 0.5) is 11.6 Å². The summed E-state index contributed by atoms with van der Waals surface area (Å²) in [5, 5.41) is 2.74. The summed E-state index contributed by atoms with van der Waals surface area (Å²) in [4.78, 5) is 23.0. The molecule has 5 heteroatoms. The number of hydrogen-bond acceptors (Lipinski definition) is 4. The van der Waals surface area contributed by atoms with Gasteiger partial charge in [-0.1, -0.05) is 54.6 Å². The Bertz CT molecular complexity index is 865. The molecule has 0 aliphatic carbocycles. The third-order valence-electron chi connectivity index (χ3n) is 3.78. The Kier molecular flexibility index (Phi) is 5.72. The summed E-state index contributed by atoms with van der Waals surface area (Å²) in [6, 6.07) is 21.6. The van der Waals surface area contributed by atoms with Gasteiger partial charge in [-0.25, -0.2) is 9.97 Å². The highest BCUT2D eigenvalue weighted by molar-refractivity contribution is 5.92. The number of benzene rings is 2. The van der Waals surface area contributed by atoms with Gasteiger partial charge in [-0.3, -0.25) is 4.79 Å². The second-order valence-electron chi connectivity index (χ2n) is 5.65. The van der Waals surface area contributed by atoms with E-state index in [9.17, 15) is 4.79 Å². The first-order valence-corrected chi connectivity index (χ1v) is 8.36. The fourth-order valence-corrected chi connectivity index (χ4v) is 2.51. The Balaban J connectivity index is 1.94. The van der Waals surface area contributed by atoms with Crippen LogP contribution in [0.5, 0.6) is 0 Å². The summed E-state index contributed by atoms with van der Waals surface area (Å²) in [5.41, 5.74) is 2.41. The summed E-state index contributed by atoms with van der Waals surface area (Å²) in [6.45, 7) is 4.60. The van der Waals surface area contributed by atoms with Crippen molar-refractivity contribution in [3.8, 4) is 0 Å². The van der Waals surface area contributed by atoms with Crippen LogP contribution < -0.4 is 10.2 Å². The lowest BCUT2D eigenvalue weighted by atomic mass is 10.2. The lowest BCUT2D eigenvalue weighted by Gasteiger charge is -2.23. The van der Waals surface area contributed by atoms with Crippen LogP contribution >= 0.6 is 0 Å². The van der Waals surface area contributed by atoms with Crippen LogP contribution in [-0.4, -0.2) is 22.4 Å². The number of carbonyl (C=O) groups excluding carboxylic acids is 1. The SMILES string of the molecule is C=CCNC(=O)c1ccnc(N(Cc2ccccc2)c2ccccc2)n1. The Hall–Kier alpha value is -3.47. The number of amides is 1. The van der Waals surface area contributed by atoms with Gasteiger partial charge in [0.2, 0.25) is 5.95 Å². The molecule has 0 aliphatic rings. The molecule has 0 radical (unpaired) electrons. The summed E-state index contributed by atoms with van der Waals surface area (Å²) >= 11 is 0. The molecule has 1 N–H and O–H groups in total. The number of nitrogens with one attached hydrogen (secondary N) is 1. The van der Waals surface area contributed by atoms with E-state index < -0.39 is 0 Å². The van der Waals surface area contributed by atoms with Crippen LogP contribution in [0.15, 0.2) is 85.6 Å². The molecule has 0 spiro atoms. The molecule has 0 atom stereocenters. The van der Waals surface area contributed by atoms with Crippen molar-refractivity contribution in [2.75, 3.05) is 11.4 Å². The molecule has 0 aliphatic heterocycles. The van der Waals surface area contributed by atoms with Gasteiger partial charge < -0.3 is 10.2 Å². The smallest absolute Gasteiger partial charge is 0.270 e. The zero-order valence-corrected chi connectivity index (χ0v) is 14.4. The largest absolute Gasteiger partial charge is 0.347 e. The van der Waals surface area contributed by atoms with Crippen molar-refractivity contribution in [1.29, 1.82) is 0 Å². The van der Waals surface area contributed by atoms with Gasteiger partial charge >= 0.3 is 0 Å². The minimum atomic E-state index is -0.249. The van der Waals surface area contributed by atoms with Crippen LogP contribution in [0.2, 0.25) is 0 Å². The Morgan fingerprint density at radius 2 is 1.73 bits per heavy atom. The van der Waals surface area contributed by atoms with E-state index in [1.807, 2.05) is 53.4 Å². The molecule has 1 amide bonds. The van der Waals surface area contributed by atoms with Crippen LogP contribution in [0.1, 0.15) is 16.1 Å². The molecule has 0 bridgehead atoms. The van der Waals surface area contributed by atoms with Crippen LogP contribution in [0.3, 0.4) is 0 Å². The number of aromatic nitrogens is 2. The second kappa shape index (κ2) is 8.58. The van der Waals surface area contributed by atoms with Crippen molar-refractivity contribution < 1.29 is 4.79 Å². The third kappa shape index (κ3) is 4.33. The van der Waals surface area contributed by atoms with E-state index in [1.54, 1.807) is 18.3 Å². The standard InChI is InChI=1S/C21H20N4O/c1-2-14-22-20(26)19-13-15-23-21(24-19)25(18-11-7-4-8-12-18)16-17-9-5-3-6-10-17/h2-13,15H,1,14,16H2,(H,22,26). The molecule has 0 unspecified atom stereocenters. The molecular weight excluding hydrogens is 324 g/mol. The number of rotatable bonds is 7. The summed E-state index contributed by atoms with van der Waals surface area (Å²) in [7, 11) is 0. The van der Waals surface area contributed by atoms with Gasteiger partial charge in [-0.05, 0) is 23.8 Å². The van der Waals surface area contributed by atoms with Crippen molar-refractivity contribution >= 4 is 17.5 Å². The molecule has 26 heavy (non-hydrogen) atoms. The van der Waals surface area contributed by atoms with E-state index in [-0.39, 0.29) is 5.91 Å². The maximum Gasteiger partial charge on any atom is 0.270 e. The molecule has 130 valence electrons. The third-order valence-corrected chi connectivity index (χ3v) is 3.78. The number of para-hydroxylation sites is 1. The average molecular weight is 344 g/mol. The Morgan fingerprint density at radius 3 is 2.42 bits per heavy atom. The quantitative estimate of drug-likeness (QED) is 0.664. The first-order chi connectivity index (χ1) is 12.8. The van der Waals surface area contributed by atoms with E-state index in [4.69, 9.17) is 0 Å². The minimum Gasteiger partial charge on any atom is -0.347 e. The van der Waals surface area contributed by atoms with Crippen LogP contribution in [-0.2, 0) is 6.54 Å². The molecule has 0 saturated carbocycles. The predicted octanol–water partition coefficient (Wildman–Crippen LogP) is 3.73. The van der Waals surface area contributed by atoms with E-state index in [0.29, 0.717) is 24.7 Å². The van der Waals surface area contributed by atoms with Gasteiger partial charge in [0.15, 0.2) is 0 Å². The highest BCUT2D eigenvalue weighted by atomic mass is 16.1. The molecule has 3 aromatic rings. The van der Waals surface area contributed by atoms with Gasteiger partial charge in [-0.15, -0.1) is 6.58 Å². The first-order valence-electron chi connectivity index (χ1n) is 8.36. The highest BCUT2D eigenvalue weighted by Gasteiger charge is 2.15. The summed E-state index contributed by atoms with van der Waals surface area (Å²) < 4.78 is 0. The molecule has 0 saturated heterocycles. The average Bonchev–Trinajstić information content (AvgIpc) is 2.71. The maximum absolute atomic E-state index is 12.2. The molecule has 1 aromatic heterocycles. The van der Waals surface area contributed by atoms with Gasteiger partial charge in [-0.2, -0.15) is 0 Å². The van der Waals surface area contributed by atoms with E-state index in [2.05, 4.69) is 34.0 Å². The van der Waals surface area contributed by atoms with Gasteiger partial charge in [0, 0.05) is 18.4 Å². The fourth-order valence-electron chi connectivity index (χ4n) is 2.51. The number of anilines is 2. The molecule has 0 fully saturated rings. The van der Waals surface area contributed by atoms with E-state index >= 15 is 0 Å². The molecular formula is C21H20N4O.